The molecule has 3 aliphatic rings. The highest BCUT2D eigenvalue weighted by molar-refractivity contribution is 5.75. The zero-order valence-corrected chi connectivity index (χ0v) is 29.1. The molecule has 1 amide bonds. The third-order valence-corrected chi connectivity index (χ3v) is 8.63. The van der Waals surface area contributed by atoms with Crippen LogP contribution in [0.5, 0.6) is 0 Å². The molecule has 3 fully saturated rings. The van der Waals surface area contributed by atoms with E-state index in [9.17, 15) is 45.6 Å². The van der Waals surface area contributed by atoms with Crippen LogP contribution in [0.4, 0.5) is 0 Å². The number of carbonyl (C=O) groups is 1. The van der Waals surface area contributed by atoms with Gasteiger partial charge in [-0.1, -0.05) is 39.0 Å². The Hall–Kier alpha value is -1.37. The Kier molecular flexibility index (Phi) is 19.7. The number of nitrogens with two attached hydrogens (primary N) is 2. The fourth-order valence-electron chi connectivity index (χ4n) is 5.94. The monoisotopic (exact) mass is 749 g/mol. The maximum absolute atomic E-state index is 12.2. The van der Waals surface area contributed by atoms with Crippen LogP contribution >= 0.6 is 0 Å². The summed E-state index contributed by atoms with van der Waals surface area (Å²) >= 11 is 0. The molecular formula is C30H56ClN3O16. The second kappa shape index (κ2) is 22.0. The van der Waals surface area contributed by atoms with Crippen molar-refractivity contribution in [1.29, 1.82) is 0 Å². The topological polar surface area (TPSA) is 307 Å². The van der Waals surface area contributed by atoms with Crippen LogP contribution in [-0.2, 0) is 38.0 Å². The number of aliphatic hydroxyl groups is 8. The van der Waals surface area contributed by atoms with Gasteiger partial charge in [-0.15, -0.1) is 0 Å². The number of amides is 1. The quantitative estimate of drug-likeness (QED) is 0.0332. The number of rotatable bonds is 19. The Bertz CT molecular complexity index is 1010. The van der Waals surface area contributed by atoms with Crippen molar-refractivity contribution in [2.24, 2.45) is 5.73 Å². The van der Waals surface area contributed by atoms with Gasteiger partial charge in [-0.25, -0.2) is 0 Å². The number of aliphatic hydroxyl groups excluding tert-OH is 8. The predicted molar refractivity (Wildman–Crippen MR) is 165 cm³/mol. The molecule has 20 heteroatoms. The van der Waals surface area contributed by atoms with Gasteiger partial charge in [0, 0.05) is 13.5 Å². The first-order chi connectivity index (χ1) is 23.3. The number of ether oxygens (including phenoxy) is 7. The molecule has 0 aliphatic carbocycles. The summed E-state index contributed by atoms with van der Waals surface area (Å²) in [5.41, 5.74) is 5.54. The van der Waals surface area contributed by atoms with Gasteiger partial charge in [-0.3, -0.25) is 15.9 Å². The molecule has 3 saturated heterocycles. The van der Waals surface area contributed by atoms with Crippen molar-refractivity contribution >= 4 is 11.7 Å². The number of carbonyl (C=O) groups excluding carboxylic acids is 1. The number of amidine groups is 1. The van der Waals surface area contributed by atoms with E-state index < -0.39 is 111 Å². The molecule has 0 spiro atoms. The van der Waals surface area contributed by atoms with E-state index in [1.54, 1.807) is 0 Å². The van der Waals surface area contributed by atoms with Gasteiger partial charge < -0.3 is 91.7 Å². The summed E-state index contributed by atoms with van der Waals surface area (Å²) in [5, 5.41) is 92.2. The van der Waals surface area contributed by atoms with Crippen molar-refractivity contribution in [1.82, 2.24) is 5.32 Å². The minimum absolute atomic E-state index is 0. The third kappa shape index (κ3) is 12.1. The van der Waals surface area contributed by atoms with E-state index in [-0.39, 0.29) is 38.1 Å². The van der Waals surface area contributed by atoms with Crippen LogP contribution in [-0.4, -0.2) is 178 Å². The molecule has 3 aliphatic heterocycles. The number of hydrogen-bond acceptors (Lipinski definition) is 16. The zero-order valence-electron chi connectivity index (χ0n) is 28.3. The number of unbranched alkanes of at least 4 members (excludes halogenated alkanes) is 5. The summed E-state index contributed by atoms with van der Waals surface area (Å²) in [4.78, 5) is 12.2. The molecule has 0 aromatic heterocycles. The second-order valence-corrected chi connectivity index (χ2v) is 12.6. The molecule has 19 nitrogen and oxygen atoms in total. The maximum atomic E-state index is 12.2. The third-order valence-electron chi connectivity index (χ3n) is 8.63. The Balaban J connectivity index is 0.00000867. The van der Waals surface area contributed by atoms with E-state index in [1.165, 1.54) is 6.92 Å². The second-order valence-electron chi connectivity index (χ2n) is 12.6. The summed E-state index contributed by atoms with van der Waals surface area (Å²) in [6, 6.07) is -1.16. The molecule has 0 radical (unpaired) electrons. The molecule has 0 saturated carbocycles. The molecule has 15 atom stereocenters. The minimum atomic E-state index is -1.90. The van der Waals surface area contributed by atoms with Crippen LogP contribution < -0.4 is 28.9 Å². The number of halogens is 1. The SMILES string of the molecule is CCCCCCCCO[C@@H]1O[C@H](COCC(N)=[NH2+])[C@@H](O[C@@H]2O[C@H](CO)[C@H](O)[C@H](O[C@H]3O[C@H](CO)[C@H](O)[C@H](O)[C@H]3O)[C@H]2O)[C@H](O)[C@H]1NC(C)=O.[Cl-]. The lowest BCUT2D eigenvalue weighted by molar-refractivity contribution is -0.376. The van der Waals surface area contributed by atoms with Crippen LogP contribution in [0.2, 0.25) is 0 Å². The van der Waals surface area contributed by atoms with Crippen molar-refractivity contribution in [2.45, 2.75) is 144 Å². The highest BCUT2D eigenvalue weighted by atomic mass is 35.5. The van der Waals surface area contributed by atoms with Crippen molar-refractivity contribution in [2.75, 3.05) is 33.0 Å². The highest BCUT2D eigenvalue weighted by Crippen LogP contribution is 2.33. The molecule has 13 N–H and O–H groups in total. The van der Waals surface area contributed by atoms with E-state index in [1.807, 2.05) is 0 Å². The maximum Gasteiger partial charge on any atom is 0.264 e. The van der Waals surface area contributed by atoms with E-state index in [0.29, 0.717) is 6.42 Å². The zero-order chi connectivity index (χ0) is 36.2. The highest BCUT2D eigenvalue weighted by Gasteiger charge is 2.54. The molecule has 0 aromatic carbocycles. The van der Waals surface area contributed by atoms with Gasteiger partial charge in [0.2, 0.25) is 5.91 Å². The van der Waals surface area contributed by atoms with Crippen molar-refractivity contribution in [3.8, 4) is 0 Å². The first-order valence-corrected chi connectivity index (χ1v) is 16.7. The van der Waals surface area contributed by atoms with Crippen molar-refractivity contribution < 1.29 is 96.6 Å². The molecule has 0 unspecified atom stereocenters. The fourth-order valence-corrected chi connectivity index (χ4v) is 5.94. The van der Waals surface area contributed by atoms with Crippen LogP contribution in [0.1, 0.15) is 52.4 Å². The minimum Gasteiger partial charge on any atom is -1.00 e. The summed E-state index contributed by atoms with van der Waals surface area (Å²) in [7, 11) is 0. The van der Waals surface area contributed by atoms with Crippen LogP contribution in [0.3, 0.4) is 0 Å². The van der Waals surface area contributed by atoms with Crippen LogP contribution in [0, 0.1) is 0 Å². The average molecular weight is 750 g/mol. The predicted octanol–water partition coefficient (Wildman–Crippen LogP) is -8.90. The van der Waals surface area contributed by atoms with Crippen molar-refractivity contribution in [3.63, 3.8) is 0 Å². The number of hydrogen-bond donors (Lipinski definition) is 11. The summed E-state index contributed by atoms with van der Waals surface area (Å²) in [6.07, 6.45) is -16.3. The Morgan fingerprint density at radius 2 is 1.30 bits per heavy atom. The van der Waals surface area contributed by atoms with E-state index in [4.69, 9.17) is 44.3 Å². The molecule has 294 valence electrons. The van der Waals surface area contributed by atoms with Crippen LogP contribution in [0.25, 0.3) is 0 Å². The molecular weight excluding hydrogens is 694 g/mol. The lowest BCUT2D eigenvalue weighted by Crippen LogP contribution is -3.00. The van der Waals surface area contributed by atoms with Gasteiger partial charge in [-0.05, 0) is 6.42 Å². The first-order valence-electron chi connectivity index (χ1n) is 16.7. The fraction of sp³-hybridized carbons (Fsp3) is 0.933. The normalized spacial score (nSPS) is 39.0. The first kappa shape index (κ1) is 44.8. The Morgan fingerprint density at radius 3 is 1.90 bits per heavy atom. The summed E-state index contributed by atoms with van der Waals surface area (Å²) in [6.45, 7) is 1.63. The molecule has 3 rings (SSSR count). The van der Waals surface area contributed by atoms with Crippen LogP contribution in [0.15, 0.2) is 0 Å². The molecule has 0 aromatic rings. The molecule has 3 heterocycles. The van der Waals surface area contributed by atoms with E-state index in [0.717, 1.165) is 32.1 Å². The van der Waals surface area contributed by atoms with Gasteiger partial charge in [0.15, 0.2) is 18.9 Å². The molecule has 0 bridgehead atoms. The molecule has 50 heavy (non-hydrogen) atoms. The Morgan fingerprint density at radius 1 is 0.740 bits per heavy atom. The summed E-state index contributed by atoms with van der Waals surface area (Å²) < 4.78 is 40.3. The number of nitrogens with one attached hydrogen (secondary N) is 1. The lowest BCUT2D eigenvalue weighted by Gasteiger charge is -2.49. The van der Waals surface area contributed by atoms with Gasteiger partial charge >= 0.3 is 0 Å². The standard InChI is InChI=1S/C30H55N3O16.ClH/c1-3-4-5-6-7-8-9-44-28-19(33-14(2)36)22(39)26(17(47-28)12-43-13-18(31)32)48-30-25(42)27(21(38)16(11-35)46-30)49-29-24(41)23(40)20(37)15(10-34)45-29;/h15-17,19-30,34-35,37-42H,3-13H2,1-2H3,(H3,31,32)(H,33,36);1H/t15-,16-,17-,19-,20+,21+,22-,23+,24-,25-,26-,27+,28-,29-,30+;/m1./s1. The smallest absolute Gasteiger partial charge is 0.264 e. The van der Waals surface area contributed by atoms with E-state index >= 15 is 0 Å². The lowest BCUT2D eigenvalue weighted by atomic mass is 9.95. The van der Waals surface area contributed by atoms with Gasteiger partial charge in [0.05, 0.1) is 19.8 Å². The summed E-state index contributed by atoms with van der Waals surface area (Å²) in [5.74, 6) is -0.551. The van der Waals surface area contributed by atoms with Crippen molar-refractivity contribution in [3.05, 3.63) is 0 Å². The van der Waals surface area contributed by atoms with E-state index in [2.05, 4.69) is 12.2 Å². The van der Waals surface area contributed by atoms with Gasteiger partial charge in [0.25, 0.3) is 5.84 Å². The average Bonchev–Trinajstić information content (AvgIpc) is 3.06. The van der Waals surface area contributed by atoms with Gasteiger partial charge in [-0.2, -0.15) is 0 Å². The largest absolute Gasteiger partial charge is 1.00 e. The Labute approximate surface area is 296 Å². The van der Waals surface area contributed by atoms with Gasteiger partial charge in [0.1, 0.15) is 79.8 Å².